The predicted octanol–water partition coefficient (Wildman–Crippen LogP) is 6.84. The van der Waals surface area contributed by atoms with Crippen molar-refractivity contribution < 1.29 is 14.7 Å². The molecule has 2 aliphatic rings. The van der Waals surface area contributed by atoms with Crippen LogP contribution in [0.5, 0.6) is 0 Å². The van der Waals surface area contributed by atoms with Gasteiger partial charge in [-0.15, -0.1) is 0 Å². The number of aromatic carboxylic acids is 1. The van der Waals surface area contributed by atoms with Crippen LogP contribution in [0.2, 0.25) is 0 Å². The fraction of sp³-hybridized carbons (Fsp3) is 0.265. The number of amides is 1. The Morgan fingerprint density at radius 1 is 0.900 bits per heavy atom. The van der Waals surface area contributed by atoms with Gasteiger partial charge in [0.1, 0.15) is 5.82 Å². The van der Waals surface area contributed by atoms with Crippen LogP contribution in [0.3, 0.4) is 0 Å². The van der Waals surface area contributed by atoms with Gasteiger partial charge in [-0.3, -0.25) is 4.79 Å². The molecule has 6 heteroatoms. The number of carbonyl (C=O) groups excluding carboxylic acids is 1. The largest absolute Gasteiger partial charge is 0.478 e. The Morgan fingerprint density at radius 3 is 2.33 bits per heavy atom. The maximum absolute atomic E-state index is 14.1. The van der Waals surface area contributed by atoms with Crippen molar-refractivity contribution in [3.05, 3.63) is 107 Å². The molecule has 0 spiro atoms. The third kappa shape index (κ3) is 4.06. The SMILES string of the molecule is Cn1c(-c2ccccc2C(=O)N2CC=C3C(C)(C)C(c4ccc(C(=O)O)cc4)=CC[C@]3(C)C2)nc2ccccc21. The van der Waals surface area contributed by atoms with Crippen molar-refractivity contribution in [2.45, 2.75) is 27.2 Å². The summed E-state index contributed by atoms with van der Waals surface area (Å²) in [6, 6.07) is 22.9. The maximum atomic E-state index is 14.1. The highest BCUT2D eigenvalue weighted by Crippen LogP contribution is 2.55. The molecule has 0 radical (unpaired) electrons. The van der Waals surface area contributed by atoms with Crippen molar-refractivity contribution >= 4 is 28.5 Å². The van der Waals surface area contributed by atoms with Crippen LogP contribution in [0.25, 0.3) is 28.0 Å². The van der Waals surface area contributed by atoms with E-state index < -0.39 is 5.97 Å². The molecule has 1 aliphatic carbocycles. The Hall–Kier alpha value is -4.45. The summed E-state index contributed by atoms with van der Waals surface area (Å²) in [5, 5.41) is 9.30. The van der Waals surface area contributed by atoms with Gasteiger partial charge >= 0.3 is 5.97 Å². The van der Waals surface area contributed by atoms with E-state index in [1.807, 2.05) is 72.6 Å². The first-order chi connectivity index (χ1) is 19.1. The first-order valence-electron chi connectivity index (χ1n) is 13.7. The first kappa shape index (κ1) is 25.8. The van der Waals surface area contributed by atoms with Crippen LogP contribution in [0.15, 0.2) is 90.5 Å². The first-order valence-corrected chi connectivity index (χ1v) is 13.7. The van der Waals surface area contributed by atoms with Crippen LogP contribution >= 0.6 is 0 Å². The van der Waals surface area contributed by atoms with Gasteiger partial charge in [-0.05, 0) is 47.9 Å². The highest BCUT2D eigenvalue weighted by atomic mass is 16.4. The lowest BCUT2D eigenvalue weighted by Gasteiger charge is -2.50. The van der Waals surface area contributed by atoms with Gasteiger partial charge in [0.15, 0.2) is 0 Å². The van der Waals surface area contributed by atoms with Gasteiger partial charge in [-0.2, -0.15) is 0 Å². The van der Waals surface area contributed by atoms with E-state index in [4.69, 9.17) is 4.98 Å². The van der Waals surface area contributed by atoms with Crippen LogP contribution in [-0.4, -0.2) is 44.5 Å². The number of allylic oxidation sites excluding steroid dienone is 2. The van der Waals surface area contributed by atoms with Crippen LogP contribution in [0, 0.1) is 10.8 Å². The molecule has 4 aromatic rings. The molecule has 1 amide bonds. The maximum Gasteiger partial charge on any atom is 0.335 e. The molecule has 1 N–H and O–H groups in total. The Balaban J connectivity index is 1.31. The molecule has 1 aliphatic heterocycles. The summed E-state index contributed by atoms with van der Waals surface area (Å²) < 4.78 is 2.05. The van der Waals surface area contributed by atoms with E-state index in [2.05, 4.69) is 37.5 Å². The summed E-state index contributed by atoms with van der Waals surface area (Å²) in [6.07, 6.45) is 5.31. The summed E-state index contributed by atoms with van der Waals surface area (Å²) in [5.74, 6) is -0.130. The number of imidazole rings is 1. The topological polar surface area (TPSA) is 75.4 Å². The second-order valence-corrected chi connectivity index (χ2v) is 11.7. The number of hydrogen-bond donors (Lipinski definition) is 1. The van der Waals surface area contributed by atoms with E-state index in [-0.39, 0.29) is 22.3 Å². The Labute approximate surface area is 234 Å². The third-order valence-electron chi connectivity index (χ3n) is 8.72. The molecule has 202 valence electrons. The molecule has 0 fully saturated rings. The monoisotopic (exact) mass is 531 g/mol. The van der Waals surface area contributed by atoms with Gasteiger partial charge < -0.3 is 14.6 Å². The summed E-state index contributed by atoms with van der Waals surface area (Å²) in [7, 11) is 1.99. The number of aryl methyl sites for hydroxylation is 1. The zero-order valence-corrected chi connectivity index (χ0v) is 23.3. The average molecular weight is 532 g/mol. The second kappa shape index (κ2) is 9.33. The van der Waals surface area contributed by atoms with Crippen molar-refractivity contribution in [2.75, 3.05) is 13.1 Å². The van der Waals surface area contributed by atoms with Crippen molar-refractivity contribution in [1.29, 1.82) is 0 Å². The summed E-state index contributed by atoms with van der Waals surface area (Å²) in [6.45, 7) is 7.87. The minimum absolute atomic E-state index is 0.0102. The zero-order chi connectivity index (χ0) is 28.2. The molecule has 6 rings (SSSR count). The van der Waals surface area contributed by atoms with Crippen LogP contribution in [-0.2, 0) is 7.05 Å². The molecule has 0 saturated carbocycles. The minimum Gasteiger partial charge on any atom is -0.478 e. The Kier molecular flexibility index (Phi) is 6.02. The number of carboxylic acids is 1. The normalized spacial score (nSPS) is 20.1. The number of benzene rings is 3. The smallest absolute Gasteiger partial charge is 0.335 e. The number of nitrogens with zero attached hydrogens (tertiary/aromatic N) is 3. The highest BCUT2D eigenvalue weighted by molar-refractivity contribution is 6.01. The molecular formula is C34H33N3O3. The molecule has 0 saturated heterocycles. The Bertz CT molecular complexity index is 1720. The van der Waals surface area contributed by atoms with E-state index in [1.54, 1.807) is 12.1 Å². The molecule has 1 atom stereocenters. The van der Waals surface area contributed by atoms with E-state index in [0.29, 0.717) is 18.7 Å². The van der Waals surface area contributed by atoms with Crippen molar-refractivity contribution in [3.8, 4) is 11.4 Å². The lowest BCUT2D eigenvalue weighted by Crippen LogP contribution is -2.48. The molecule has 40 heavy (non-hydrogen) atoms. The van der Waals surface area contributed by atoms with E-state index >= 15 is 0 Å². The highest BCUT2D eigenvalue weighted by Gasteiger charge is 2.46. The van der Waals surface area contributed by atoms with Gasteiger partial charge in [0.2, 0.25) is 0 Å². The molecule has 3 aromatic carbocycles. The lowest BCUT2D eigenvalue weighted by molar-refractivity contribution is 0.0679. The van der Waals surface area contributed by atoms with Crippen LogP contribution < -0.4 is 0 Å². The molecule has 6 nitrogen and oxygen atoms in total. The summed E-state index contributed by atoms with van der Waals surface area (Å²) >= 11 is 0. The van der Waals surface area contributed by atoms with Gasteiger partial charge in [0, 0.05) is 36.5 Å². The number of carboxylic acid groups (broad SMARTS) is 1. The number of fused-ring (bicyclic) bond motifs is 2. The lowest BCUT2D eigenvalue weighted by atomic mass is 9.58. The zero-order valence-electron chi connectivity index (χ0n) is 23.3. The van der Waals surface area contributed by atoms with Crippen molar-refractivity contribution in [1.82, 2.24) is 14.5 Å². The van der Waals surface area contributed by atoms with Gasteiger partial charge in [-0.25, -0.2) is 9.78 Å². The molecule has 0 bridgehead atoms. The number of carbonyl (C=O) groups is 2. The quantitative estimate of drug-likeness (QED) is 0.293. The van der Waals surface area contributed by atoms with E-state index in [1.165, 1.54) is 11.1 Å². The molecule has 1 aromatic heterocycles. The summed E-state index contributed by atoms with van der Waals surface area (Å²) in [4.78, 5) is 32.2. The molecule has 0 unspecified atom stereocenters. The van der Waals surface area contributed by atoms with Gasteiger partial charge in [-0.1, -0.05) is 81.0 Å². The van der Waals surface area contributed by atoms with Crippen molar-refractivity contribution in [2.24, 2.45) is 17.9 Å². The van der Waals surface area contributed by atoms with Crippen LogP contribution in [0.4, 0.5) is 0 Å². The molecule has 2 heterocycles. The second-order valence-electron chi connectivity index (χ2n) is 11.7. The summed E-state index contributed by atoms with van der Waals surface area (Å²) in [5.41, 5.74) is 6.82. The average Bonchev–Trinajstić information content (AvgIpc) is 3.28. The number of hydrogen-bond acceptors (Lipinski definition) is 3. The third-order valence-corrected chi connectivity index (χ3v) is 8.72. The predicted molar refractivity (Wildman–Crippen MR) is 158 cm³/mol. The van der Waals surface area contributed by atoms with Gasteiger partial charge in [0.25, 0.3) is 5.91 Å². The minimum atomic E-state index is -0.923. The van der Waals surface area contributed by atoms with Crippen molar-refractivity contribution in [3.63, 3.8) is 0 Å². The number of rotatable bonds is 4. The fourth-order valence-electron chi connectivity index (χ4n) is 6.78. The molecular weight excluding hydrogens is 498 g/mol. The van der Waals surface area contributed by atoms with E-state index in [9.17, 15) is 14.7 Å². The fourth-order valence-corrected chi connectivity index (χ4v) is 6.78. The number of para-hydroxylation sites is 2. The standard InChI is InChI=1S/C34H33N3O3/c1-33(2)26(22-13-15-23(16-14-22)32(39)40)17-19-34(3)21-37(20-18-29(33)34)31(38)25-10-6-5-9-24(25)30-35-27-11-7-8-12-28(27)36(30)4/h5-18H,19-21H2,1-4H3,(H,39,40)/t34-/m1/s1. The number of aromatic nitrogens is 2. The Morgan fingerprint density at radius 2 is 1.60 bits per heavy atom. The van der Waals surface area contributed by atoms with Crippen LogP contribution in [0.1, 0.15) is 53.5 Å². The van der Waals surface area contributed by atoms with E-state index in [0.717, 1.165) is 34.4 Å². The van der Waals surface area contributed by atoms with Gasteiger partial charge in [0.05, 0.1) is 22.2 Å².